The fraction of sp³-hybridized carbons (Fsp3) is 1.00. The van der Waals surface area contributed by atoms with Gasteiger partial charge in [-0.15, -0.1) is 0 Å². The predicted molar refractivity (Wildman–Crippen MR) is 39.2 cm³/mol. The minimum atomic E-state index is -1.43. The summed E-state index contributed by atoms with van der Waals surface area (Å²) in [6.45, 7) is 1.75. The number of aliphatic hydroxyl groups excluding tert-OH is 4. The van der Waals surface area contributed by atoms with Gasteiger partial charge in [0.15, 0.2) is 6.29 Å². The maximum atomic E-state index is 9.28. The SMILES string of the molecule is CC[C@H]1O[C@H](O)[C@@H](O)[C@@H](O)[C@@H]1O. The van der Waals surface area contributed by atoms with Gasteiger partial charge in [-0.05, 0) is 6.42 Å². The van der Waals surface area contributed by atoms with E-state index in [9.17, 15) is 10.2 Å². The van der Waals surface area contributed by atoms with Gasteiger partial charge in [-0.3, -0.25) is 0 Å². The lowest BCUT2D eigenvalue weighted by Crippen LogP contribution is -2.57. The van der Waals surface area contributed by atoms with Crippen molar-refractivity contribution in [1.29, 1.82) is 0 Å². The van der Waals surface area contributed by atoms with E-state index in [-0.39, 0.29) is 0 Å². The fourth-order valence-corrected chi connectivity index (χ4v) is 1.27. The average molecular weight is 178 g/mol. The van der Waals surface area contributed by atoms with E-state index in [0.717, 1.165) is 0 Å². The summed E-state index contributed by atoms with van der Waals surface area (Å²) in [5, 5.41) is 36.5. The third-order valence-electron chi connectivity index (χ3n) is 2.09. The maximum Gasteiger partial charge on any atom is 0.183 e. The van der Waals surface area contributed by atoms with Crippen molar-refractivity contribution in [3.05, 3.63) is 0 Å². The fourth-order valence-electron chi connectivity index (χ4n) is 1.27. The zero-order valence-electron chi connectivity index (χ0n) is 6.79. The zero-order chi connectivity index (χ0) is 9.30. The highest BCUT2D eigenvalue weighted by Crippen LogP contribution is 2.21. The molecule has 1 fully saturated rings. The van der Waals surface area contributed by atoms with Crippen molar-refractivity contribution in [3.63, 3.8) is 0 Å². The Labute approximate surface area is 70.2 Å². The van der Waals surface area contributed by atoms with Crippen LogP contribution in [0.25, 0.3) is 0 Å². The van der Waals surface area contributed by atoms with E-state index in [1.54, 1.807) is 6.92 Å². The van der Waals surface area contributed by atoms with Gasteiger partial charge in [-0.25, -0.2) is 0 Å². The molecule has 0 saturated carbocycles. The van der Waals surface area contributed by atoms with Gasteiger partial charge < -0.3 is 25.2 Å². The highest BCUT2D eigenvalue weighted by atomic mass is 16.6. The molecule has 0 radical (unpaired) electrons. The van der Waals surface area contributed by atoms with Crippen LogP contribution in [0.2, 0.25) is 0 Å². The van der Waals surface area contributed by atoms with Crippen molar-refractivity contribution < 1.29 is 25.2 Å². The first-order valence-corrected chi connectivity index (χ1v) is 3.95. The molecule has 1 aliphatic rings. The molecule has 12 heavy (non-hydrogen) atoms. The van der Waals surface area contributed by atoms with Crippen LogP contribution < -0.4 is 0 Å². The summed E-state index contributed by atoms with van der Waals surface area (Å²) in [6, 6.07) is 0. The standard InChI is InChI=1S/C7H14O5/c1-2-3-4(8)5(9)6(10)7(11)12-3/h3-11H,2H2,1H3/t3-,4-,5+,6+,7+/m1/s1. The third-order valence-corrected chi connectivity index (χ3v) is 2.09. The molecule has 0 unspecified atom stereocenters. The maximum absolute atomic E-state index is 9.28. The lowest BCUT2D eigenvalue weighted by Gasteiger charge is -2.37. The van der Waals surface area contributed by atoms with Crippen LogP contribution in [0.3, 0.4) is 0 Å². The number of ether oxygens (including phenoxy) is 1. The van der Waals surface area contributed by atoms with Gasteiger partial charge in [0.05, 0.1) is 6.10 Å². The smallest absolute Gasteiger partial charge is 0.183 e. The summed E-state index contributed by atoms with van der Waals surface area (Å²) in [7, 11) is 0. The highest BCUT2D eigenvalue weighted by molar-refractivity contribution is 4.87. The van der Waals surface area contributed by atoms with Crippen LogP contribution in [0.4, 0.5) is 0 Å². The van der Waals surface area contributed by atoms with Crippen LogP contribution in [0.15, 0.2) is 0 Å². The van der Waals surface area contributed by atoms with Crippen LogP contribution in [0, 0.1) is 0 Å². The van der Waals surface area contributed by atoms with Gasteiger partial charge in [0.1, 0.15) is 18.3 Å². The first-order valence-electron chi connectivity index (χ1n) is 3.95. The van der Waals surface area contributed by atoms with Crippen LogP contribution in [-0.2, 0) is 4.74 Å². The third kappa shape index (κ3) is 1.60. The van der Waals surface area contributed by atoms with Crippen molar-refractivity contribution in [2.45, 2.75) is 44.1 Å². The molecular formula is C7H14O5. The van der Waals surface area contributed by atoms with E-state index in [1.165, 1.54) is 0 Å². The number of rotatable bonds is 1. The molecule has 0 amide bonds. The lowest BCUT2D eigenvalue weighted by molar-refractivity contribution is -0.281. The zero-order valence-corrected chi connectivity index (χ0v) is 6.79. The molecule has 4 N–H and O–H groups in total. The molecule has 5 nitrogen and oxygen atoms in total. The molecule has 1 aliphatic heterocycles. The van der Waals surface area contributed by atoms with Crippen LogP contribution in [-0.4, -0.2) is 51.1 Å². The summed E-state index contributed by atoms with van der Waals surface area (Å²) >= 11 is 0. The Morgan fingerprint density at radius 2 is 1.58 bits per heavy atom. The molecule has 5 heteroatoms. The van der Waals surface area contributed by atoms with Gasteiger partial charge in [0, 0.05) is 0 Å². The Balaban J connectivity index is 2.63. The number of hydrogen-bond donors (Lipinski definition) is 4. The van der Waals surface area contributed by atoms with Crippen molar-refractivity contribution in [2.75, 3.05) is 0 Å². The Bertz CT molecular complexity index is 146. The molecule has 1 rings (SSSR count). The monoisotopic (exact) mass is 178 g/mol. The van der Waals surface area contributed by atoms with Crippen molar-refractivity contribution in [3.8, 4) is 0 Å². The van der Waals surface area contributed by atoms with E-state index < -0.39 is 30.7 Å². The van der Waals surface area contributed by atoms with Crippen LogP contribution in [0.5, 0.6) is 0 Å². The largest absolute Gasteiger partial charge is 0.388 e. The molecule has 1 saturated heterocycles. The second-order valence-corrected chi connectivity index (χ2v) is 2.95. The Kier molecular flexibility index (Phi) is 3.03. The van der Waals surface area contributed by atoms with Crippen molar-refractivity contribution >= 4 is 0 Å². The summed E-state index contributed by atoms with van der Waals surface area (Å²) in [4.78, 5) is 0. The van der Waals surface area contributed by atoms with Gasteiger partial charge in [-0.2, -0.15) is 0 Å². The molecule has 1 heterocycles. The Morgan fingerprint density at radius 3 is 2.08 bits per heavy atom. The summed E-state index contributed by atoms with van der Waals surface area (Å²) < 4.78 is 4.83. The quantitative estimate of drug-likeness (QED) is 0.380. The average Bonchev–Trinajstić information content (AvgIpc) is 2.08. The van der Waals surface area contributed by atoms with Gasteiger partial charge in [0.2, 0.25) is 0 Å². The predicted octanol–water partition coefficient (Wildman–Crippen LogP) is -1.80. The molecule has 0 bridgehead atoms. The first kappa shape index (κ1) is 9.88. The minimum Gasteiger partial charge on any atom is -0.388 e. The van der Waals surface area contributed by atoms with Gasteiger partial charge >= 0.3 is 0 Å². The summed E-state index contributed by atoms with van der Waals surface area (Å²) in [6.07, 6.45) is -5.44. The molecule has 0 aromatic rings. The molecule has 0 aromatic carbocycles. The molecule has 0 aromatic heterocycles. The first-order chi connectivity index (χ1) is 5.57. The molecule has 5 atom stereocenters. The Morgan fingerprint density at radius 1 is 1.00 bits per heavy atom. The minimum absolute atomic E-state index is 0.474. The molecular weight excluding hydrogens is 164 g/mol. The van der Waals surface area contributed by atoms with Crippen LogP contribution in [0.1, 0.15) is 13.3 Å². The lowest BCUT2D eigenvalue weighted by atomic mass is 9.97. The van der Waals surface area contributed by atoms with E-state index >= 15 is 0 Å². The Hall–Kier alpha value is -0.200. The number of aliphatic hydroxyl groups is 4. The second-order valence-electron chi connectivity index (χ2n) is 2.95. The van der Waals surface area contributed by atoms with Gasteiger partial charge in [0.25, 0.3) is 0 Å². The van der Waals surface area contributed by atoms with Crippen molar-refractivity contribution in [2.24, 2.45) is 0 Å². The van der Waals surface area contributed by atoms with E-state index in [0.29, 0.717) is 6.42 Å². The highest BCUT2D eigenvalue weighted by Gasteiger charge is 2.41. The van der Waals surface area contributed by atoms with Crippen LogP contribution >= 0.6 is 0 Å². The second kappa shape index (κ2) is 3.68. The summed E-state index contributed by atoms with van der Waals surface area (Å²) in [5.41, 5.74) is 0. The normalized spacial score (nSPS) is 49.2. The number of hydrogen-bond acceptors (Lipinski definition) is 5. The molecule has 72 valence electrons. The van der Waals surface area contributed by atoms with E-state index in [2.05, 4.69) is 0 Å². The summed E-state index contributed by atoms with van der Waals surface area (Å²) in [5.74, 6) is 0. The molecule has 0 aliphatic carbocycles. The topological polar surface area (TPSA) is 90.2 Å². The van der Waals surface area contributed by atoms with E-state index in [4.69, 9.17) is 14.9 Å². The molecule has 0 spiro atoms. The van der Waals surface area contributed by atoms with E-state index in [1.807, 2.05) is 0 Å². The van der Waals surface area contributed by atoms with Gasteiger partial charge in [-0.1, -0.05) is 6.92 Å². The van der Waals surface area contributed by atoms with Crippen molar-refractivity contribution in [1.82, 2.24) is 0 Å².